The quantitative estimate of drug-likeness (QED) is 0.705. The third-order valence-corrected chi connectivity index (χ3v) is 4.70. The van der Waals surface area contributed by atoms with Crippen LogP contribution in [-0.2, 0) is 0 Å². The van der Waals surface area contributed by atoms with Gasteiger partial charge < -0.3 is 9.80 Å². The molecule has 0 N–H and O–H groups in total. The number of hydrogen-bond acceptors (Lipinski definition) is 6. The summed E-state index contributed by atoms with van der Waals surface area (Å²) < 4.78 is 1.76. The number of aryl methyl sites for hydroxylation is 1. The highest BCUT2D eigenvalue weighted by Gasteiger charge is 2.23. The fourth-order valence-electron chi connectivity index (χ4n) is 3.34. The van der Waals surface area contributed by atoms with Crippen LogP contribution in [0.3, 0.4) is 0 Å². The number of anilines is 1. The SMILES string of the molecule is Cc1nccc(N2CCCN(C(=O)c3ccccc3-n3cnnc3)CC2)n1. The van der Waals surface area contributed by atoms with Crippen molar-refractivity contribution in [1.29, 1.82) is 0 Å². The second-order valence-electron chi connectivity index (χ2n) is 6.48. The van der Waals surface area contributed by atoms with Crippen LogP contribution in [0.1, 0.15) is 22.6 Å². The number of carbonyl (C=O) groups excluding carboxylic acids is 1. The molecule has 0 aliphatic carbocycles. The van der Waals surface area contributed by atoms with Crippen LogP contribution < -0.4 is 4.90 Å². The van der Waals surface area contributed by atoms with Crippen LogP contribution in [-0.4, -0.2) is 61.7 Å². The molecule has 8 heteroatoms. The lowest BCUT2D eigenvalue weighted by Crippen LogP contribution is -2.35. The van der Waals surface area contributed by atoms with Crippen LogP contribution in [0.15, 0.2) is 49.2 Å². The lowest BCUT2D eigenvalue weighted by atomic mass is 10.1. The zero-order valence-corrected chi connectivity index (χ0v) is 15.2. The summed E-state index contributed by atoms with van der Waals surface area (Å²) in [6.45, 7) is 4.87. The van der Waals surface area contributed by atoms with E-state index in [0.29, 0.717) is 12.1 Å². The van der Waals surface area contributed by atoms with Crippen molar-refractivity contribution < 1.29 is 4.79 Å². The molecule has 0 atom stereocenters. The normalized spacial score (nSPS) is 14.9. The highest BCUT2D eigenvalue weighted by molar-refractivity contribution is 5.97. The van der Waals surface area contributed by atoms with E-state index >= 15 is 0 Å². The summed E-state index contributed by atoms with van der Waals surface area (Å²) >= 11 is 0. The van der Waals surface area contributed by atoms with E-state index in [2.05, 4.69) is 25.1 Å². The maximum atomic E-state index is 13.2. The third-order valence-electron chi connectivity index (χ3n) is 4.70. The molecule has 1 aliphatic rings. The van der Waals surface area contributed by atoms with Gasteiger partial charge in [0.25, 0.3) is 5.91 Å². The Balaban J connectivity index is 1.53. The van der Waals surface area contributed by atoms with Gasteiger partial charge in [0.15, 0.2) is 0 Å². The summed E-state index contributed by atoms with van der Waals surface area (Å²) in [5.74, 6) is 1.70. The van der Waals surface area contributed by atoms with Crippen molar-refractivity contribution in [3.05, 3.63) is 60.6 Å². The molecule has 27 heavy (non-hydrogen) atoms. The van der Waals surface area contributed by atoms with Crippen LogP contribution in [0.2, 0.25) is 0 Å². The lowest BCUT2D eigenvalue weighted by Gasteiger charge is -2.23. The van der Waals surface area contributed by atoms with Crippen molar-refractivity contribution in [2.75, 3.05) is 31.1 Å². The monoisotopic (exact) mass is 363 g/mol. The van der Waals surface area contributed by atoms with E-state index in [-0.39, 0.29) is 5.91 Å². The number of para-hydroxylation sites is 1. The Morgan fingerprint density at radius 1 is 1.00 bits per heavy atom. The molecule has 0 unspecified atom stereocenters. The molecular weight excluding hydrogens is 342 g/mol. The largest absolute Gasteiger partial charge is 0.355 e. The fraction of sp³-hybridized carbons (Fsp3) is 0.316. The Hall–Kier alpha value is -3.29. The number of hydrogen-bond donors (Lipinski definition) is 0. The van der Waals surface area contributed by atoms with Gasteiger partial charge >= 0.3 is 0 Å². The first-order chi connectivity index (χ1) is 13.2. The standard InChI is InChI=1S/C19H21N7O/c1-15-20-8-7-18(23-15)24-9-4-10-25(12-11-24)19(27)16-5-2-3-6-17(16)26-13-21-22-14-26/h2-3,5-8,13-14H,4,9-12H2,1H3. The van der Waals surface area contributed by atoms with Gasteiger partial charge in [-0.15, -0.1) is 10.2 Å². The Labute approximate surface area is 157 Å². The Morgan fingerprint density at radius 2 is 1.81 bits per heavy atom. The minimum Gasteiger partial charge on any atom is -0.355 e. The maximum absolute atomic E-state index is 13.2. The number of nitrogens with zero attached hydrogens (tertiary/aromatic N) is 7. The van der Waals surface area contributed by atoms with Crippen LogP contribution >= 0.6 is 0 Å². The summed E-state index contributed by atoms with van der Waals surface area (Å²) in [5, 5.41) is 7.69. The Morgan fingerprint density at radius 3 is 2.63 bits per heavy atom. The molecule has 2 aromatic heterocycles. The van der Waals surface area contributed by atoms with Gasteiger partial charge in [0.1, 0.15) is 24.3 Å². The number of carbonyl (C=O) groups is 1. The lowest BCUT2D eigenvalue weighted by molar-refractivity contribution is 0.0767. The second-order valence-corrected chi connectivity index (χ2v) is 6.48. The summed E-state index contributed by atoms with van der Waals surface area (Å²) in [5.41, 5.74) is 1.45. The fourth-order valence-corrected chi connectivity index (χ4v) is 3.34. The van der Waals surface area contributed by atoms with Gasteiger partial charge in [-0.1, -0.05) is 12.1 Å². The minimum atomic E-state index is 0.0278. The van der Waals surface area contributed by atoms with E-state index in [1.54, 1.807) is 23.4 Å². The smallest absolute Gasteiger partial charge is 0.256 e. The van der Waals surface area contributed by atoms with E-state index < -0.39 is 0 Å². The van der Waals surface area contributed by atoms with E-state index in [9.17, 15) is 4.79 Å². The van der Waals surface area contributed by atoms with Crippen LogP contribution in [0.4, 0.5) is 5.82 Å². The van der Waals surface area contributed by atoms with Crippen molar-refractivity contribution in [2.45, 2.75) is 13.3 Å². The number of amides is 1. The summed E-state index contributed by atoms with van der Waals surface area (Å²) in [7, 11) is 0. The van der Waals surface area contributed by atoms with Gasteiger partial charge in [0, 0.05) is 32.4 Å². The van der Waals surface area contributed by atoms with Crippen molar-refractivity contribution in [3.8, 4) is 5.69 Å². The Kier molecular flexibility index (Phi) is 4.78. The summed E-state index contributed by atoms with van der Waals surface area (Å²) in [6.07, 6.45) is 5.88. The van der Waals surface area contributed by atoms with Crippen LogP contribution in [0, 0.1) is 6.92 Å². The van der Waals surface area contributed by atoms with E-state index in [0.717, 1.165) is 43.4 Å². The molecular formula is C19H21N7O. The van der Waals surface area contributed by atoms with Gasteiger partial charge in [0.05, 0.1) is 11.3 Å². The number of rotatable bonds is 3. The highest BCUT2D eigenvalue weighted by atomic mass is 16.2. The van der Waals surface area contributed by atoms with Crippen LogP contribution in [0.25, 0.3) is 5.69 Å². The molecule has 1 fully saturated rings. The molecule has 1 amide bonds. The molecule has 1 saturated heterocycles. The molecule has 0 saturated carbocycles. The maximum Gasteiger partial charge on any atom is 0.256 e. The van der Waals surface area contributed by atoms with Crippen molar-refractivity contribution >= 4 is 11.7 Å². The second kappa shape index (κ2) is 7.53. The predicted molar refractivity (Wildman–Crippen MR) is 101 cm³/mol. The third kappa shape index (κ3) is 3.64. The Bertz CT molecular complexity index is 925. The molecule has 138 valence electrons. The molecule has 0 radical (unpaired) electrons. The van der Waals surface area contributed by atoms with Gasteiger partial charge in [-0.3, -0.25) is 9.36 Å². The average Bonchev–Trinajstić information content (AvgIpc) is 3.12. The molecule has 8 nitrogen and oxygen atoms in total. The van der Waals surface area contributed by atoms with E-state index in [1.807, 2.05) is 42.2 Å². The molecule has 0 bridgehead atoms. The first-order valence-electron chi connectivity index (χ1n) is 9.00. The highest BCUT2D eigenvalue weighted by Crippen LogP contribution is 2.19. The predicted octanol–water partition coefficient (Wildman–Crippen LogP) is 1.72. The minimum absolute atomic E-state index is 0.0278. The van der Waals surface area contributed by atoms with Crippen molar-refractivity contribution in [3.63, 3.8) is 0 Å². The van der Waals surface area contributed by atoms with Crippen molar-refractivity contribution in [2.24, 2.45) is 0 Å². The van der Waals surface area contributed by atoms with Gasteiger partial charge in [-0.2, -0.15) is 0 Å². The first kappa shape index (κ1) is 17.1. The molecule has 0 spiro atoms. The van der Waals surface area contributed by atoms with Crippen molar-refractivity contribution in [1.82, 2.24) is 29.6 Å². The first-order valence-corrected chi connectivity index (χ1v) is 9.00. The zero-order chi connectivity index (χ0) is 18.6. The molecule has 1 aromatic carbocycles. The average molecular weight is 363 g/mol. The topological polar surface area (TPSA) is 80.0 Å². The van der Waals surface area contributed by atoms with E-state index in [1.165, 1.54) is 0 Å². The van der Waals surface area contributed by atoms with Gasteiger partial charge in [-0.25, -0.2) is 9.97 Å². The van der Waals surface area contributed by atoms with Crippen LogP contribution in [0.5, 0.6) is 0 Å². The molecule has 3 heterocycles. The summed E-state index contributed by atoms with van der Waals surface area (Å²) in [6, 6.07) is 9.48. The number of aromatic nitrogens is 5. The number of benzene rings is 1. The van der Waals surface area contributed by atoms with Gasteiger partial charge in [-0.05, 0) is 31.5 Å². The van der Waals surface area contributed by atoms with Gasteiger partial charge in [0.2, 0.25) is 0 Å². The van der Waals surface area contributed by atoms with E-state index in [4.69, 9.17) is 0 Å². The molecule has 4 rings (SSSR count). The zero-order valence-electron chi connectivity index (χ0n) is 15.2. The summed E-state index contributed by atoms with van der Waals surface area (Å²) in [4.78, 5) is 26.0. The molecule has 1 aliphatic heterocycles. The molecule has 3 aromatic rings.